The SMILES string of the molecule is CC(O)C(C)Sc1cc(Cl)c(F)cc1[N+](=O)[O-]. The molecule has 0 aromatic heterocycles. The Morgan fingerprint density at radius 2 is 2.12 bits per heavy atom. The minimum Gasteiger partial charge on any atom is -0.392 e. The fourth-order valence-corrected chi connectivity index (χ4v) is 2.32. The summed E-state index contributed by atoms with van der Waals surface area (Å²) >= 11 is 6.67. The first-order valence-electron chi connectivity index (χ1n) is 4.81. The summed E-state index contributed by atoms with van der Waals surface area (Å²) in [6.45, 7) is 3.30. The summed E-state index contributed by atoms with van der Waals surface area (Å²) in [6, 6.07) is 2.00. The molecule has 0 radical (unpaired) electrons. The molecular formula is C10H11ClFNO3S. The molecule has 0 aliphatic rings. The van der Waals surface area contributed by atoms with Crippen molar-refractivity contribution in [3.8, 4) is 0 Å². The Kier molecular flexibility index (Phi) is 4.73. The molecule has 1 aromatic carbocycles. The molecule has 0 bridgehead atoms. The molecule has 0 saturated heterocycles. The van der Waals surface area contributed by atoms with Crippen molar-refractivity contribution in [1.29, 1.82) is 0 Å². The van der Waals surface area contributed by atoms with Crippen molar-refractivity contribution in [2.24, 2.45) is 0 Å². The Morgan fingerprint density at radius 1 is 1.53 bits per heavy atom. The van der Waals surface area contributed by atoms with Crippen molar-refractivity contribution in [2.45, 2.75) is 30.1 Å². The van der Waals surface area contributed by atoms with Crippen molar-refractivity contribution in [3.63, 3.8) is 0 Å². The van der Waals surface area contributed by atoms with E-state index in [1.165, 1.54) is 6.07 Å². The standard InChI is InChI=1S/C10H11ClFNO3S/c1-5(14)6(2)17-10-3-7(11)8(12)4-9(10)13(15)16/h3-6,14H,1-2H3. The molecule has 17 heavy (non-hydrogen) atoms. The van der Waals surface area contributed by atoms with Gasteiger partial charge in [-0.25, -0.2) is 4.39 Å². The van der Waals surface area contributed by atoms with Crippen LogP contribution in [-0.2, 0) is 0 Å². The molecule has 2 atom stereocenters. The fourth-order valence-electron chi connectivity index (χ4n) is 1.05. The largest absolute Gasteiger partial charge is 0.392 e. The highest BCUT2D eigenvalue weighted by Gasteiger charge is 2.21. The van der Waals surface area contributed by atoms with E-state index < -0.39 is 16.8 Å². The van der Waals surface area contributed by atoms with Crippen LogP contribution in [0, 0.1) is 15.9 Å². The lowest BCUT2D eigenvalue weighted by molar-refractivity contribution is -0.387. The normalized spacial score (nSPS) is 14.4. The topological polar surface area (TPSA) is 63.4 Å². The van der Waals surface area contributed by atoms with E-state index in [9.17, 15) is 19.6 Å². The molecular weight excluding hydrogens is 269 g/mol. The summed E-state index contributed by atoms with van der Waals surface area (Å²) < 4.78 is 13.1. The van der Waals surface area contributed by atoms with Gasteiger partial charge in [0.05, 0.1) is 27.0 Å². The second-order valence-electron chi connectivity index (χ2n) is 3.55. The predicted molar refractivity (Wildman–Crippen MR) is 65.1 cm³/mol. The minimum absolute atomic E-state index is 0.170. The molecule has 1 N–H and O–H groups in total. The quantitative estimate of drug-likeness (QED) is 0.522. The van der Waals surface area contributed by atoms with Crippen molar-refractivity contribution in [2.75, 3.05) is 0 Å². The average molecular weight is 280 g/mol. The molecule has 0 amide bonds. The first-order chi connectivity index (χ1) is 7.82. The number of nitro groups is 1. The number of thioether (sulfide) groups is 1. The molecule has 94 valence electrons. The molecule has 2 unspecified atom stereocenters. The summed E-state index contributed by atoms with van der Waals surface area (Å²) in [5.41, 5.74) is -0.343. The summed E-state index contributed by atoms with van der Waals surface area (Å²) in [6.07, 6.45) is -0.636. The first kappa shape index (κ1) is 14.2. The minimum atomic E-state index is -0.826. The van der Waals surface area contributed by atoms with Crippen molar-refractivity contribution >= 4 is 29.1 Å². The Morgan fingerprint density at radius 3 is 2.59 bits per heavy atom. The second kappa shape index (κ2) is 5.66. The Labute approximate surface area is 107 Å². The lowest BCUT2D eigenvalue weighted by Gasteiger charge is -2.14. The number of nitro benzene ring substituents is 1. The number of nitrogens with zero attached hydrogens (tertiary/aromatic N) is 1. The van der Waals surface area contributed by atoms with Gasteiger partial charge < -0.3 is 5.11 Å². The maximum atomic E-state index is 13.1. The van der Waals surface area contributed by atoms with Crippen molar-refractivity contribution < 1.29 is 14.4 Å². The van der Waals surface area contributed by atoms with Crippen molar-refractivity contribution in [3.05, 3.63) is 33.1 Å². The highest BCUT2D eigenvalue weighted by atomic mass is 35.5. The molecule has 0 aliphatic heterocycles. The maximum Gasteiger partial charge on any atom is 0.285 e. The highest BCUT2D eigenvalue weighted by Crippen LogP contribution is 2.36. The van der Waals surface area contributed by atoms with Gasteiger partial charge in [0, 0.05) is 5.25 Å². The van der Waals surface area contributed by atoms with Crippen LogP contribution in [0.25, 0.3) is 0 Å². The summed E-state index contributed by atoms with van der Waals surface area (Å²) in [4.78, 5) is 10.3. The number of aliphatic hydroxyl groups excluding tert-OH is 1. The van der Waals surface area contributed by atoms with Gasteiger partial charge in [0.1, 0.15) is 5.82 Å². The smallest absolute Gasteiger partial charge is 0.285 e. The van der Waals surface area contributed by atoms with Gasteiger partial charge in [0.2, 0.25) is 0 Å². The van der Waals surface area contributed by atoms with Crippen LogP contribution in [0.5, 0.6) is 0 Å². The third-order valence-corrected chi connectivity index (χ3v) is 3.83. The molecule has 1 rings (SSSR count). The molecule has 0 aliphatic carbocycles. The Bertz CT molecular complexity index is 442. The molecule has 0 heterocycles. The second-order valence-corrected chi connectivity index (χ2v) is 5.38. The highest BCUT2D eigenvalue weighted by molar-refractivity contribution is 8.00. The molecule has 0 spiro atoms. The number of aliphatic hydroxyl groups is 1. The van der Waals surface area contributed by atoms with Crippen molar-refractivity contribution in [1.82, 2.24) is 0 Å². The summed E-state index contributed by atoms with van der Waals surface area (Å²) in [5.74, 6) is -0.826. The lowest BCUT2D eigenvalue weighted by atomic mass is 10.3. The number of halogens is 2. The van der Waals surface area contributed by atoms with E-state index in [1.54, 1.807) is 13.8 Å². The fraction of sp³-hybridized carbons (Fsp3) is 0.400. The van der Waals surface area contributed by atoms with E-state index in [0.717, 1.165) is 17.8 Å². The van der Waals surface area contributed by atoms with Crippen LogP contribution in [0.2, 0.25) is 5.02 Å². The van der Waals surface area contributed by atoms with Crippen LogP contribution < -0.4 is 0 Å². The summed E-state index contributed by atoms with van der Waals surface area (Å²) in [7, 11) is 0. The third kappa shape index (κ3) is 3.55. The monoisotopic (exact) mass is 279 g/mol. The van der Waals surface area contributed by atoms with Crippen LogP contribution >= 0.6 is 23.4 Å². The molecule has 1 aromatic rings. The lowest BCUT2D eigenvalue weighted by Crippen LogP contribution is -2.15. The van der Waals surface area contributed by atoms with Gasteiger partial charge in [-0.05, 0) is 13.0 Å². The number of rotatable bonds is 4. The van der Waals surface area contributed by atoms with Gasteiger partial charge in [-0.3, -0.25) is 10.1 Å². The van der Waals surface area contributed by atoms with Crippen LogP contribution in [-0.4, -0.2) is 21.4 Å². The molecule has 0 fully saturated rings. The van der Waals surface area contributed by atoms with E-state index in [-0.39, 0.29) is 20.9 Å². The molecule has 4 nitrogen and oxygen atoms in total. The average Bonchev–Trinajstić information content (AvgIpc) is 2.22. The Hall–Kier alpha value is -0.850. The van der Waals surface area contributed by atoms with Gasteiger partial charge in [0.25, 0.3) is 5.69 Å². The van der Waals surface area contributed by atoms with Gasteiger partial charge >= 0.3 is 0 Å². The van der Waals surface area contributed by atoms with E-state index in [2.05, 4.69) is 0 Å². The van der Waals surface area contributed by atoms with Gasteiger partial charge in [0.15, 0.2) is 0 Å². The zero-order chi connectivity index (χ0) is 13.2. The first-order valence-corrected chi connectivity index (χ1v) is 6.07. The van der Waals surface area contributed by atoms with Gasteiger partial charge in [-0.15, -0.1) is 11.8 Å². The molecule has 0 saturated carbocycles. The predicted octanol–water partition coefficient (Wildman–Crippen LogP) is 3.25. The van der Waals surface area contributed by atoms with E-state index in [1.807, 2.05) is 0 Å². The number of hydrogen-bond acceptors (Lipinski definition) is 4. The zero-order valence-corrected chi connectivity index (χ0v) is 10.8. The van der Waals surface area contributed by atoms with Crippen LogP contribution in [0.15, 0.2) is 17.0 Å². The molecule has 7 heteroatoms. The van der Waals surface area contributed by atoms with E-state index in [0.29, 0.717) is 0 Å². The van der Waals surface area contributed by atoms with E-state index in [4.69, 9.17) is 11.6 Å². The van der Waals surface area contributed by atoms with Gasteiger partial charge in [-0.2, -0.15) is 0 Å². The summed E-state index contributed by atoms with van der Waals surface area (Å²) in [5, 5.41) is 19.7. The number of benzene rings is 1. The zero-order valence-electron chi connectivity index (χ0n) is 9.18. The van der Waals surface area contributed by atoms with Gasteiger partial charge in [-0.1, -0.05) is 18.5 Å². The van der Waals surface area contributed by atoms with Crippen LogP contribution in [0.3, 0.4) is 0 Å². The third-order valence-electron chi connectivity index (χ3n) is 2.19. The Balaban J connectivity index is 3.13. The maximum absolute atomic E-state index is 13.1. The van der Waals surface area contributed by atoms with Crippen LogP contribution in [0.4, 0.5) is 10.1 Å². The number of hydrogen-bond donors (Lipinski definition) is 1. The van der Waals surface area contributed by atoms with Crippen LogP contribution in [0.1, 0.15) is 13.8 Å². The van der Waals surface area contributed by atoms with E-state index >= 15 is 0 Å².